The van der Waals surface area contributed by atoms with Crippen molar-refractivity contribution >= 4 is 18.0 Å². The van der Waals surface area contributed by atoms with Gasteiger partial charge in [0.2, 0.25) is 5.91 Å². The number of rotatable bonds is 4. The summed E-state index contributed by atoms with van der Waals surface area (Å²) >= 11 is 0. The first-order valence-electron chi connectivity index (χ1n) is 5.71. The van der Waals surface area contributed by atoms with Gasteiger partial charge in [-0.2, -0.15) is 0 Å². The highest BCUT2D eigenvalue weighted by atomic mass is 16.6. The molecule has 0 saturated carbocycles. The smallest absolute Gasteiger partial charge is 0.416 e. The number of hydrogen-bond donors (Lipinski definition) is 0. The van der Waals surface area contributed by atoms with E-state index in [1.54, 1.807) is 13.8 Å². The maximum Gasteiger partial charge on any atom is 0.416 e. The summed E-state index contributed by atoms with van der Waals surface area (Å²) in [6.07, 6.45) is -0.281. The first-order chi connectivity index (χ1) is 8.08. The minimum absolute atomic E-state index is 0.161. The van der Waals surface area contributed by atoms with Gasteiger partial charge in [0.15, 0.2) is 0 Å². The zero-order valence-electron chi connectivity index (χ0n) is 10.1. The molecule has 0 N–H and O–H groups in total. The number of carbonyl (C=O) groups is 3. The third-order valence-corrected chi connectivity index (χ3v) is 2.45. The summed E-state index contributed by atoms with van der Waals surface area (Å²) in [5.41, 5.74) is 0. The van der Waals surface area contributed by atoms with Gasteiger partial charge >= 0.3 is 12.1 Å². The summed E-state index contributed by atoms with van der Waals surface area (Å²) in [5, 5.41) is 0. The highest BCUT2D eigenvalue weighted by Crippen LogP contribution is 2.22. The number of esters is 1. The maximum atomic E-state index is 11.5. The molecule has 1 aliphatic heterocycles. The van der Waals surface area contributed by atoms with E-state index in [4.69, 9.17) is 9.47 Å². The van der Waals surface area contributed by atoms with Crippen LogP contribution in [0, 0.1) is 5.92 Å². The van der Waals surface area contributed by atoms with Crippen LogP contribution in [0.25, 0.3) is 0 Å². The summed E-state index contributed by atoms with van der Waals surface area (Å²) in [7, 11) is 0. The van der Waals surface area contributed by atoms with Crippen molar-refractivity contribution in [2.45, 2.75) is 26.7 Å². The van der Waals surface area contributed by atoms with Crippen LogP contribution in [0.1, 0.15) is 26.7 Å². The van der Waals surface area contributed by atoms with Crippen LogP contribution in [-0.2, 0) is 19.1 Å². The molecule has 0 aromatic rings. The highest BCUT2D eigenvalue weighted by Gasteiger charge is 2.35. The number of imide groups is 1. The van der Waals surface area contributed by atoms with Gasteiger partial charge in [-0.05, 0) is 19.8 Å². The summed E-state index contributed by atoms with van der Waals surface area (Å²) < 4.78 is 9.54. The molecule has 6 nitrogen and oxygen atoms in total. The molecule has 1 rings (SSSR count). The molecule has 2 amide bonds. The van der Waals surface area contributed by atoms with Gasteiger partial charge in [-0.25, -0.2) is 9.69 Å². The Morgan fingerprint density at radius 3 is 2.53 bits per heavy atom. The van der Waals surface area contributed by atoms with Crippen LogP contribution in [0.3, 0.4) is 0 Å². The van der Waals surface area contributed by atoms with Crippen LogP contribution >= 0.6 is 0 Å². The molecule has 1 aliphatic rings. The van der Waals surface area contributed by atoms with E-state index in [0.29, 0.717) is 6.61 Å². The van der Waals surface area contributed by atoms with E-state index in [2.05, 4.69) is 0 Å². The van der Waals surface area contributed by atoms with Crippen molar-refractivity contribution in [3.05, 3.63) is 0 Å². The molecule has 1 atom stereocenters. The standard InChI is InChI=1S/C11H17NO5/c1-3-16-10(14)6-8-5-9(13)12(7-8)11(15)17-4-2/h8H,3-7H2,1-2H3. The summed E-state index contributed by atoms with van der Waals surface area (Å²) in [6, 6.07) is 0. The number of hydrogen-bond acceptors (Lipinski definition) is 5. The Balaban J connectivity index is 2.46. The van der Waals surface area contributed by atoms with Crippen LogP contribution in [0.5, 0.6) is 0 Å². The molecule has 0 spiro atoms. The van der Waals surface area contributed by atoms with E-state index >= 15 is 0 Å². The second-order valence-electron chi connectivity index (χ2n) is 3.78. The fourth-order valence-corrected chi connectivity index (χ4v) is 1.75. The fraction of sp³-hybridized carbons (Fsp3) is 0.727. The van der Waals surface area contributed by atoms with E-state index in [1.165, 1.54) is 0 Å². The Morgan fingerprint density at radius 2 is 1.94 bits per heavy atom. The summed E-state index contributed by atoms with van der Waals surface area (Å²) in [4.78, 5) is 35.2. The van der Waals surface area contributed by atoms with Crippen LogP contribution in [0.2, 0.25) is 0 Å². The van der Waals surface area contributed by atoms with Crippen LogP contribution in [0.4, 0.5) is 4.79 Å². The van der Waals surface area contributed by atoms with E-state index in [9.17, 15) is 14.4 Å². The molecule has 1 unspecified atom stereocenters. The van der Waals surface area contributed by atoms with E-state index in [1.807, 2.05) is 0 Å². The number of amides is 2. The predicted octanol–water partition coefficient (Wildman–Crippen LogP) is 0.945. The number of nitrogens with zero attached hydrogens (tertiary/aromatic N) is 1. The minimum atomic E-state index is -0.635. The lowest BCUT2D eigenvalue weighted by Crippen LogP contribution is -2.33. The Labute approximate surface area is 99.9 Å². The first-order valence-corrected chi connectivity index (χ1v) is 5.71. The normalized spacial score (nSPS) is 19.3. The lowest BCUT2D eigenvalue weighted by Gasteiger charge is -2.13. The zero-order valence-corrected chi connectivity index (χ0v) is 10.1. The van der Waals surface area contributed by atoms with Gasteiger partial charge in [-0.3, -0.25) is 9.59 Å². The van der Waals surface area contributed by atoms with Crippen LogP contribution in [0.15, 0.2) is 0 Å². The van der Waals surface area contributed by atoms with Crippen molar-refractivity contribution in [3.63, 3.8) is 0 Å². The highest BCUT2D eigenvalue weighted by molar-refractivity contribution is 5.94. The molecule has 1 heterocycles. The van der Waals surface area contributed by atoms with Crippen molar-refractivity contribution in [1.82, 2.24) is 4.90 Å². The predicted molar refractivity (Wildman–Crippen MR) is 58.1 cm³/mol. The van der Waals surface area contributed by atoms with Gasteiger partial charge < -0.3 is 9.47 Å². The summed E-state index contributed by atoms with van der Waals surface area (Å²) in [6.45, 7) is 4.18. The maximum absolute atomic E-state index is 11.5. The zero-order chi connectivity index (χ0) is 12.8. The van der Waals surface area contributed by atoms with Crippen LogP contribution in [-0.4, -0.2) is 42.6 Å². The Bertz CT molecular complexity index is 315. The SMILES string of the molecule is CCOC(=O)CC1CC(=O)N(C(=O)OCC)C1. The number of carbonyl (C=O) groups excluding carboxylic acids is 3. The second kappa shape index (κ2) is 6.22. The third kappa shape index (κ3) is 3.72. The van der Waals surface area contributed by atoms with Crippen molar-refractivity contribution in [1.29, 1.82) is 0 Å². The summed E-state index contributed by atoms with van der Waals surface area (Å²) in [5.74, 6) is -0.792. The van der Waals surface area contributed by atoms with E-state index in [0.717, 1.165) is 4.90 Å². The molecule has 6 heteroatoms. The topological polar surface area (TPSA) is 72.9 Å². The third-order valence-electron chi connectivity index (χ3n) is 2.45. The molecule has 1 saturated heterocycles. The average Bonchev–Trinajstić information content (AvgIpc) is 2.60. The van der Waals surface area contributed by atoms with Crippen LogP contribution < -0.4 is 0 Å². The lowest BCUT2D eigenvalue weighted by atomic mass is 10.1. The average molecular weight is 243 g/mol. The lowest BCUT2D eigenvalue weighted by molar-refractivity contribution is -0.144. The quantitative estimate of drug-likeness (QED) is 0.687. The fourth-order valence-electron chi connectivity index (χ4n) is 1.75. The molecule has 17 heavy (non-hydrogen) atoms. The molecule has 0 bridgehead atoms. The van der Waals surface area contributed by atoms with Crippen molar-refractivity contribution < 1.29 is 23.9 Å². The van der Waals surface area contributed by atoms with Crippen molar-refractivity contribution in [3.8, 4) is 0 Å². The first kappa shape index (κ1) is 13.5. The number of likely N-dealkylation sites (tertiary alicyclic amines) is 1. The Kier molecular flexibility index (Phi) is 4.93. The van der Waals surface area contributed by atoms with Crippen molar-refractivity contribution in [2.75, 3.05) is 19.8 Å². The van der Waals surface area contributed by atoms with Gasteiger partial charge in [0, 0.05) is 13.0 Å². The molecule has 0 aromatic carbocycles. The molecule has 0 aliphatic carbocycles. The van der Waals surface area contributed by atoms with Crippen molar-refractivity contribution in [2.24, 2.45) is 5.92 Å². The van der Waals surface area contributed by atoms with Gasteiger partial charge in [-0.1, -0.05) is 0 Å². The monoisotopic (exact) mass is 243 g/mol. The minimum Gasteiger partial charge on any atom is -0.466 e. The Morgan fingerprint density at radius 1 is 1.29 bits per heavy atom. The molecule has 0 radical (unpaired) electrons. The number of ether oxygens (including phenoxy) is 2. The van der Waals surface area contributed by atoms with Gasteiger partial charge in [-0.15, -0.1) is 0 Å². The molecular formula is C11H17NO5. The Hall–Kier alpha value is -1.59. The molecule has 1 fully saturated rings. The van der Waals surface area contributed by atoms with E-state index < -0.39 is 6.09 Å². The molecule has 0 aromatic heterocycles. The van der Waals surface area contributed by atoms with Gasteiger partial charge in [0.05, 0.1) is 19.6 Å². The van der Waals surface area contributed by atoms with Gasteiger partial charge in [0.1, 0.15) is 0 Å². The van der Waals surface area contributed by atoms with E-state index in [-0.39, 0.29) is 43.8 Å². The van der Waals surface area contributed by atoms with Gasteiger partial charge in [0.25, 0.3) is 0 Å². The molecule has 96 valence electrons. The molecular weight excluding hydrogens is 226 g/mol. The second-order valence-corrected chi connectivity index (χ2v) is 3.78. The largest absolute Gasteiger partial charge is 0.466 e.